The first-order valence-electron chi connectivity index (χ1n) is 7.39. The molecule has 1 saturated carbocycles. The molecule has 4 heteroatoms. The molecular formula is C16H20ClNOS. The van der Waals surface area contributed by atoms with Crippen molar-refractivity contribution in [2.75, 3.05) is 5.88 Å². The molecule has 1 fully saturated rings. The van der Waals surface area contributed by atoms with Crippen molar-refractivity contribution in [3.63, 3.8) is 0 Å². The molecule has 3 atom stereocenters. The first kappa shape index (κ1) is 14.3. The van der Waals surface area contributed by atoms with Gasteiger partial charge in [0.15, 0.2) is 0 Å². The van der Waals surface area contributed by atoms with Crippen LogP contribution in [0.15, 0.2) is 29.2 Å². The van der Waals surface area contributed by atoms with Crippen molar-refractivity contribution in [1.29, 1.82) is 0 Å². The van der Waals surface area contributed by atoms with Crippen molar-refractivity contribution < 1.29 is 4.79 Å². The average molecular weight is 310 g/mol. The van der Waals surface area contributed by atoms with Crippen LogP contribution in [0.3, 0.4) is 0 Å². The van der Waals surface area contributed by atoms with E-state index < -0.39 is 0 Å². The maximum Gasteiger partial charge on any atom is 0.234 e. The molecule has 0 bridgehead atoms. The van der Waals surface area contributed by atoms with Crippen LogP contribution in [0.25, 0.3) is 0 Å². The van der Waals surface area contributed by atoms with Crippen molar-refractivity contribution in [3.05, 3.63) is 29.8 Å². The summed E-state index contributed by atoms with van der Waals surface area (Å²) in [6.45, 7) is 0. The molecule has 3 unspecified atom stereocenters. The fourth-order valence-corrected chi connectivity index (χ4v) is 4.76. The van der Waals surface area contributed by atoms with Gasteiger partial charge in [0.1, 0.15) is 0 Å². The lowest BCUT2D eigenvalue weighted by molar-refractivity contribution is -0.121. The predicted octanol–water partition coefficient (Wildman–Crippen LogP) is 3.62. The summed E-state index contributed by atoms with van der Waals surface area (Å²) in [6.07, 6.45) is 5.52. The Labute approximate surface area is 129 Å². The Balaban J connectivity index is 1.60. The van der Waals surface area contributed by atoms with Crippen LogP contribution in [-0.4, -0.2) is 23.1 Å². The van der Waals surface area contributed by atoms with E-state index in [-0.39, 0.29) is 17.2 Å². The van der Waals surface area contributed by atoms with Gasteiger partial charge in [-0.2, -0.15) is 0 Å². The minimum Gasteiger partial charge on any atom is -0.352 e. The second-order valence-corrected chi connectivity index (χ2v) is 7.29. The molecule has 20 heavy (non-hydrogen) atoms. The normalized spacial score (nSPS) is 28.9. The van der Waals surface area contributed by atoms with Crippen LogP contribution in [0.2, 0.25) is 0 Å². The fraction of sp³-hybridized carbons (Fsp3) is 0.562. The summed E-state index contributed by atoms with van der Waals surface area (Å²) in [5, 5.41) is 3.29. The average Bonchev–Trinajstić information content (AvgIpc) is 2.92. The van der Waals surface area contributed by atoms with Gasteiger partial charge in [-0.1, -0.05) is 31.0 Å². The number of hydrogen-bond acceptors (Lipinski definition) is 2. The number of halogens is 1. The Morgan fingerprint density at radius 1 is 1.30 bits per heavy atom. The molecular weight excluding hydrogens is 290 g/mol. The van der Waals surface area contributed by atoms with Crippen LogP contribution in [0, 0.1) is 5.92 Å². The SMILES string of the molecule is O=C(NC1CCCCC1CCl)C1Cc2ccccc2S1. The van der Waals surface area contributed by atoms with Gasteiger partial charge in [0, 0.05) is 16.8 Å². The molecule has 108 valence electrons. The molecule has 1 aromatic carbocycles. The summed E-state index contributed by atoms with van der Waals surface area (Å²) in [4.78, 5) is 13.7. The lowest BCUT2D eigenvalue weighted by Crippen LogP contribution is -2.46. The van der Waals surface area contributed by atoms with E-state index >= 15 is 0 Å². The highest BCUT2D eigenvalue weighted by Gasteiger charge is 2.32. The maximum absolute atomic E-state index is 12.5. The zero-order chi connectivity index (χ0) is 13.9. The van der Waals surface area contributed by atoms with E-state index in [1.54, 1.807) is 11.8 Å². The molecule has 0 aromatic heterocycles. The van der Waals surface area contributed by atoms with E-state index in [0.29, 0.717) is 11.8 Å². The first-order chi connectivity index (χ1) is 9.78. The molecule has 2 nitrogen and oxygen atoms in total. The van der Waals surface area contributed by atoms with E-state index in [2.05, 4.69) is 17.4 Å². The lowest BCUT2D eigenvalue weighted by atomic mass is 9.85. The van der Waals surface area contributed by atoms with Gasteiger partial charge in [-0.05, 0) is 36.8 Å². The molecule has 1 aliphatic carbocycles. The monoisotopic (exact) mass is 309 g/mol. The number of thioether (sulfide) groups is 1. The number of hydrogen-bond donors (Lipinski definition) is 1. The summed E-state index contributed by atoms with van der Waals surface area (Å²) in [7, 11) is 0. The number of carbonyl (C=O) groups is 1. The van der Waals surface area contributed by atoms with E-state index in [1.807, 2.05) is 12.1 Å². The molecule has 0 saturated heterocycles. The van der Waals surface area contributed by atoms with Crippen molar-refractivity contribution in [2.24, 2.45) is 5.92 Å². The van der Waals surface area contributed by atoms with Crippen molar-refractivity contribution in [2.45, 2.75) is 48.3 Å². The van der Waals surface area contributed by atoms with Crippen LogP contribution in [-0.2, 0) is 11.2 Å². The fourth-order valence-electron chi connectivity index (χ4n) is 3.19. The van der Waals surface area contributed by atoms with Gasteiger partial charge in [0.05, 0.1) is 5.25 Å². The third-order valence-electron chi connectivity index (χ3n) is 4.37. The highest BCUT2D eigenvalue weighted by Crippen LogP contribution is 2.37. The molecule has 0 spiro atoms. The number of alkyl halides is 1. The summed E-state index contributed by atoms with van der Waals surface area (Å²) in [5.41, 5.74) is 1.30. The molecule has 1 amide bonds. The summed E-state index contributed by atoms with van der Waals surface area (Å²) >= 11 is 7.73. The van der Waals surface area contributed by atoms with Gasteiger partial charge in [-0.25, -0.2) is 0 Å². The lowest BCUT2D eigenvalue weighted by Gasteiger charge is -2.31. The Kier molecular flexibility index (Phi) is 4.57. The largest absolute Gasteiger partial charge is 0.352 e. The van der Waals surface area contributed by atoms with E-state index in [9.17, 15) is 4.79 Å². The highest BCUT2D eigenvalue weighted by atomic mass is 35.5. The van der Waals surface area contributed by atoms with E-state index in [4.69, 9.17) is 11.6 Å². The Morgan fingerprint density at radius 2 is 2.10 bits per heavy atom. The number of rotatable bonds is 3. The number of nitrogens with one attached hydrogen (secondary N) is 1. The van der Waals surface area contributed by atoms with E-state index in [0.717, 1.165) is 19.3 Å². The first-order valence-corrected chi connectivity index (χ1v) is 8.80. The summed E-state index contributed by atoms with van der Waals surface area (Å²) in [5.74, 6) is 1.29. The van der Waals surface area contributed by atoms with Crippen LogP contribution in [0.4, 0.5) is 0 Å². The molecule has 1 N–H and O–H groups in total. The third-order valence-corrected chi connectivity index (χ3v) is 6.09. The smallest absolute Gasteiger partial charge is 0.234 e. The van der Waals surface area contributed by atoms with Crippen LogP contribution < -0.4 is 5.32 Å². The number of amides is 1. The van der Waals surface area contributed by atoms with Gasteiger partial charge in [-0.15, -0.1) is 23.4 Å². The molecule has 1 heterocycles. The summed E-state index contributed by atoms with van der Waals surface area (Å²) in [6, 6.07) is 8.59. The van der Waals surface area contributed by atoms with Gasteiger partial charge < -0.3 is 5.32 Å². The van der Waals surface area contributed by atoms with Gasteiger partial charge in [0.25, 0.3) is 0 Å². The zero-order valence-electron chi connectivity index (χ0n) is 11.5. The second-order valence-electron chi connectivity index (χ2n) is 5.73. The van der Waals surface area contributed by atoms with Crippen LogP contribution in [0.1, 0.15) is 31.2 Å². The van der Waals surface area contributed by atoms with Crippen molar-refractivity contribution in [1.82, 2.24) is 5.32 Å². The second kappa shape index (κ2) is 6.40. The Bertz CT molecular complexity index is 468. The van der Waals surface area contributed by atoms with Crippen LogP contribution >= 0.6 is 23.4 Å². The predicted molar refractivity (Wildman–Crippen MR) is 84.4 cm³/mol. The molecule has 1 aromatic rings. The van der Waals surface area contributed by atoms with Gasteiger partial charge in [-0.3, -0.25) is 4.79 Å². The molecule has 2 aliphatic rings. The van der Waals surface area contributed by atoms with Gasteiger partial charge in [0.2, 0.25) is 5.91 Å². The van der Waals surface area contributed by atoms with Crippen molar-refractivity contribution >= 4 is 29.3 Å². The third kappa shape index (κ3) is 2.99. The summed E-state index contributed by atoms with van der Waals surface area (Å²) < 4.78 is 0. The molecule has 3 rings (SSSR count). The van der Waals surface area contributed by atoms with Crippen molar-refractivity contribution in [3.8, 4) is 0 Å². The number of benzene rings is 1. The Hall–Kier alpha value is -0.670. The van der Waals surface area contributed by atoms with E-state index in [1.165, 1.54) is 23.3 Å². The maximum atomic E-state index is 12.5. The Morgan fingerprint density at radius 3 is 2.90 bits per heavy atom. The minimum atomic E-state index is 0.0327. The highest BCUT2D eigenvalue weighted by molar-refractivity contribution is 8.01. The van der Waals surface area contributed by atoms with Crippen LogP contribution in [0.5, 0.6) is 0 Å². The topological polar surface area (TPSA) is 29.1 Å². The number of fused-ring (bicyclic) bond motifs is 1. The van der Waals surface area contributed by atoms with Gasteiger partial charge >= 0.3 is 0 Å². The number of carbonyl (C=O) groups excluding carboxylic acids is 1. The quantitative estimate of drug-likeness (QED) is 0.864. The standard InChI is InChI=1S/C16H20ClNOS/c17-10-12-6-1-3-7-13(12)18-16(19)15-9-11-5-2-4-8-14(11)20-15/h2,4-5,8,12-13,15H,1,3,6-7,9-10H2,(H,18,19). The molecule has 0 radical (unpaired) electrons. The molecule has 1 aliphatic heterocycles. The minimum absolute atomic E-state index is 0.0327. The zero-order valence-corrected chi connectivity index (χ0v) is 13.1.